The van der Waals surface area contributed by atoms with E-state index in [-0.39, 0.29) is 55.2 Å². The number of ether oxygens (including phenoxy) is 1. The molecule has 1 saturated carbocycles. The zero-order valence-corrected chi connectivity index (χ0v) is 20.5. The van der Waals surface area contributed by atoms with Crippen molar-refractivity contribution < 1.29 is 41.0 Å². The molecule has 1 aliphatic carbocycles. The van der Waals surface area contributed by atoms with Crippen molar-refractivity contribution in [2.75, 3.05) is 13.1 Å². The summed E-state index contributed by atoms with van der Waals surface area (Å²) in [6.07, 6.45) is -8.30. The lowest BCUT2D eigenvalue weighted by atomic mass is 9.87. The molecule has 1 unspecified atom stereocenters. The van der Waals surface area contributed by atoms with Crippen LogP contribution in [0.4, 0.5) is 26.3 Å². The number of hydrogen-bond acceptors (Lipinski definition) is 3. The van der Waals surface area contributed by atoms with Gasteiger partial charge in [0.15, 0.2) is 0 Å². The van der Waals surface area contributed by atoms with Gasteiger partial charge in [0.2, 0.25) is 0 Å². The van der Waals surface area contributed by atoms with Crippen LogP contribution in [-0.2, 0) is 11.0 Å². The first-order chi connectivity index (χ1) is 17.3. The van der Waals surface area contributed by atoms with Gasteiger partial charge < -0.3 is 9.84 Å². The minimum atomic E-state index is -4.72. The highest BCUT2D eigenvalue weighted by Crippen LogP contribution is 2.44. The molecule has 1 aliphatic heterocycles. The summed E-state index contributed by atoms with van der Waals surface area (Å²) in [7, 11) is 0. The van der Waals surface area contributed by atoms with E-state index < -0.39 is 35.9 Å². The third-order valence-electron chi connectivity index (χ3n) is 7.77. The molecule has 1 heterocycles. The van der Waals surface area contributed by atoms with E-state index in [4.69, 9.17) is 9.84 Å². The van der Waals surface area contributed by atoms with Crippen molar-refractivity contribution in [2.45, 2.75) is 76.4 Å². The monoisotopic (exact) mass is 531 g/mol. The van der Waals surface area contributed by atoms with Crippen molar-refractivity contribution in [1.82, 2.24) is 4.90 Å². The van der Waals surface area contributed by atoms with Crippen LogP contribution >= 0.6 is 0 Å². The van der Waals surface area contributed by atoms with E-state index in [0.717, 1.165) is 19.4 Å². The number of nitrogens with zero attached hydrogens (tertiary/aromatic N) is 1. The van der Waals surface area contributed by atoms with Gasteiger partial charge in [-0.3, -0.25) is 9.69 Å². The summed E-state index contributed by atoms with van der Waals surface area (Å²) in [5.74, 6) is -2.67. The minimum Gasteiger partial charge on any atom is -0.490 e. The van der Waals surface area contributed by atoms with Crippen LogP contribution in [0.5, 0.6) is 5.75 Å². The fraction of sp³-hybridized carbons (Fsp3) is 0.593. The SMILES string of the molecule is CC(c1ccc2ccc(OC3CCC(C(F)(F)F)CC3)c(C(F)(F)F)c2c1)N1CCC[C@H](CC(=O)O)C1. The zero-order chi connectivity index (χ0) is 27.0. The van der Waals surface area contributed by atoms with Crippen LogP contribution in [0.1, 0.15) is 69.0 Å². The number of likely N-dealkylation sites (tertiary alicyclic amines) is 1. The number of halogens is 6. The number of alkyl halides is 6. The molecule has 1 N–H and O–H groups in total. The summed E-state index contributed by atoms with van der Waals surface area (Å²) < 4.78 is 87.6. The number of hydrogen-bond donors (Lipinski definition) is 1. The molecule has 2 aliphatic rings. The second kappa shape index (κ2) is 10.7. The second-order valence-electron chi connectivity index (χ2n) is 10.3. The number of carboxylic acids is 1. The van der Waals surface area contributed by atoms with Crippen molar-refractivity contribution in [3.8, 4) is 5.75 Å². The molecule has 2 aromatic rings. The highest BCUT2D eigenvalue weighted by atomic mass is 19.4. The van der Waals surface area contributed by atoms with E-state index in [9.17, 15) is 31.1 Å². The van der Waals surface area contributed by atoms with Crippen LogP contribution in [0.25, 0.3) is 10.8 Å². The number of rotatable bonds is 6. The molecule has 0 radical (unpaired) electrons. The molecule has 0 spiro atoms. The number of carboxylic acid groups (broad SMARTS) is 1. The average molecular weight is 532 g/mol. The van der Waals surface area contributed by atoms with E-state index in [1.165, 1.54) is 12.1 Å². The van der Waals surface area contributed by atoms with E-state index >= 15 is 0 Å². The van der Waals surface area contributed by atoms with Crippen molar-refractivity contribution >= 4 is 16.7 Å². The number of piperidine rings is 1. The Kier molecular flexibility index (Phi) is 7.97. The Morgan fingerprint density at radius 2 is 1.73 bits per heavy atom. The van der Waals surface area contributed by atoms with Crippen LogP contribution in [-0.4, -0.2) is 41.3 Å². The Labute approximate surface area is 211 Å². The van der Waals surface area contributed by atoms with Crippen molar-refractivity contribution in [2.24, 2.45) is 11.8 Å². The number of aliphatic carboxylic acids is 1. The van der Waals surface area contributed by atoms with Gasteiger partial charge in [0.05, 0.1) is 12.0 Å². The van der Waals surface area contributed by atoms with Gasteiger partial charge in [-0.25, -0.2) is 0 Å². The maximum atomic E-state index is 14.3. The van der Waals surface area contributed by atoms with Gasteiger partial charge in [0.25, 0.3) is 0 Å². The number of benzene rings is 2. The lowest BCUT2D eigenvalue weighted by Crippen LogP contribution is -2.38. The molecule has 0 amide bonds. The lowest BCUT2D eigenvalue weighted by Gasteiger charge is -2.36. The van der Waals surface area contributed by atoms with Crippen LogP contribution < -0.4 is 4.74 Å². The minimum absolute atomic E-state index is 0.00710. The quantitative estimate of drug-likeness (QED) is 0.390. The average Bonchev–Trinajstić information content (AvgIpc) is 2.82. The molecule has 204 valence electrons. The first-order valence-corrected chi connectivity index (χ1v) is 12.7. The first-order valence-electron chi connectivity index (χ1n) is 12.7. The van der Waals surface area contributed by atoms with E-state index in [0.29, 0.717) is 17.5 Å². The van der Waals surface area contributed by atoms with Gasteiger partial charge in [-0.15, -0.1) is 0 Å². The fourth-order valence-corrected chi connectivity index (χ4v) is 5.73. The topological polar surface area (TPSA) is 49.8 Å². The Balaban J connectivity index is 1.60. The molecule has 1 saturated heterocycles. The van der Waals surface area contributed by atoms with Gasteiger partial charge in [0, 0.05) is 19.0 Å². The van der Waals surface area contributed by atoms with Crippen LogP contribution in [0, 0.1) is 11.8 Å². The van der Waals surface area contributed by atoms with Gasteiger partial charge in [-0.1, -0.05) is 18.2 Å². The smallest absolute Gasteiger partial charge is 0.420 e. The Bertz CT molecular complexity index is 1110. The summed E-state index contributed by atoms with van der Waals surface area (Å²) in [6, 6.07) is 7.51. The summed E-state index contributed by atoms with van der Waals surface area (Å²) >= 11 is 0. The maximum absolute atomic E-state index is 14.3. The molecule has 0 bridgehead atoms. The number of carbonyl (C=O) groups is 1. The van der Waals surface area contributed by atoms with E-state index in [2.05, 4.69) is 4.90 Å². The second-order valence-corrected chi connectivity index (χ2v) is 10.3. The Morgan fingerprint density at radius 1 is 1.05 bits per heavy atom. The summed E-state index contributed by atoms with van der Waals surface area (Å²) in [5, 5.41) is 9.51. The summed E-state index contributed by atoms with van der Waals surface area (Å²) in [4.78, 5) is 13.2. The maximum Gasteiger partial charge on any atom is 0.420 e. The first kappa shape index (κ1) is 27.5. The molecule has 4 rings (SSSR count). The third-order valence-corrected chi connectivity index (χ3v) is 7.77. The molecule has 2 fully saturated rings. The molecule has 37 heavy (non-hydrogen) atoms. The largest absolute Gasteiger partial charge is 0.490 e. The van der Waals surface area contributed by atoms with Gasteiger partial charge in [-0.05, 0) is 86.4 Å². The predicted octanol–water partition coefficient (Wildman–Crippen LogP) is 7.61. The van der Waals surface area contributed by atoms with Crippen LogP contribution in [0.2, 0.25) is 0 Å². The van der Waals surface area contributed by atoms with Crippen molar-refractivity contribution in [1.29, 1.82) is 0 Å². The van der Waals surface area contributed by atoms with Crippen molar-refractivity contribution in [3.05, 3.63) is 41.5 Å². The van der Waals surface area contributed by atoms with Crippen molar-refractivity contribution in [3.63, 3.8) is 0 Å². The number of fused-ring (bicyclic) bond motifs is 1. The van der Waals surface area contributed by atoms with Gasteiger partial charge >= 0.3 is 18.3 Å². The molecule has 0 aromatic heterocycles. The molecular formula is C27H31F6NO3. The summed E-state index contributed by atoms with van der Waals surface area (Å²) in [6.45, 7) is 3.18. The fourth-order valence-electron chi connectivity index (χ4n) is 5.73. The molecule has 2 atom stereocenters. The lowest BCUT2D eigenvalue weighted by molar-refractivity contribution is -0.185. The molecular weight excluding hydrogens is 500 g/mol. The third kappa shape index (κ3) is 6.51. The molecule has 4 nitrogen and oxygen atoms in total. The Hall–Kier alpha value is -2.49. The summed E-state index contributed by atoms with van der Waals surface area (Å²) in [5.41, 5.74) is -0.240. The van der Waals surface area contributed by atoms with Gasteiger partial charge in [0.1, 0.15) is 11.3 Å². The highest BCUT2D eigenvalue weighted by Gasteiger charge is 2.43. The molecule has 10 heteroatoms. The Morgan fingerprint density at radius 3 is 2.35 bits per heavy atom. The van der Waals surface area contributed by atoms with Crippen LogP contribution in [0.15, 0.2) is 30.3 Å². The van der Waals surface area contributed by atoms with Crippen LogP contribution in [0.3, 0.4) is 0 Å². The van der Waals surface area contributed by atoms with E-state index in [1.54, 1.807) is 18.2 Å². The van der Waals surface area contributed by atoms with E-state index in [1.807, 2.05) is 6.92 Å². The highest BCUT2D eigenvalue weighted by molar-refractivity contribution is 5.89. The predicted molar refractivity (Wildman–Crippen MR) is 126 cm³/mol. The zero-order valence-electron chi connectivity index (χ0n) is 20.5. The van der Waals surface area contributed by atoms with Gasteiger partial charge in [-0.2, -0.15) is 26.3 Å². The standard InChI is InChI=1S/C27H31F6NO3/c1-16(34-12-2-3-17(15-34)13-24(35)36)19-5-4-18-6-11-23(25(22(18)14-19)27(31,32)33)37-21-9-7-20(8-10-21)26(28,29)30/h4-6,11,14,16-17,20-21H,2-3,7-10,12-13,15H2,1H3,(H,35,36)/t16?,17-,20?,21?/m1/s1. The molecule has 2 aromatic carbocycles. The normalized spacial score (nSPS) is 24.7.